The zero-order chi connectivity index (χ0) is 13.6. The van der Waals surface area contributed by atoms with E-state index in [0.29, 0.717) is 5.41 Å². The van der Waals surface area contributed by atoms with Crippen molar-refractivity contribution in [3.8, 4) is 12.3 Å². The highest BCUT2D eigenvalue weighted by atomic mass is 15.3. The minimum atomic E-state index is 0.711. The van der Waals surface area contributed by atoms with Crippen LogP contribution in [0.5, 0.6) is 0 Å². The predicted octanol–water partition coefficient (Wildman–Crippen LogP) is 2.45. The van der Waals surface area contributed by atoms with Crippen LogP contribution >= 0.6 is 0 Å². The number of hydrogen-bond donors (Lipinski definition) is 0. The second kappa shape index (κ2) is 5.04. The van der Waals surface area contributed by atoms with Crippen molar-refractivity contribution in [2.75, 3.05) is 39.3 Å². The molecular formula is C18H28N2. The van der Waals surface area contributed by atoms with Crippen LogP contribution in [0.15, 0.2) is 0 Å². The maximum absolute atomic E-state index is 5.42. The second-order valence-corrected chi connectivity index (χ2v) is 8.17. The Labute approximate surface area is 123 Å². The molecule has 1 aliphatic heterocycles. The van der Waals surface area contributed by atoms with E-state index >= 15 is 0 Å². The van der Waals surface area contributed by atoms with Crippen molar-refractivity contribution in [2.24, 2.45) is 23.2 Å². The summed E-state index contributed by atoms with van der Waals surface area (Å²) in [6.07, 6.45) is 14.8. The molecule has 0 aromatic heterocycles. The van der Waals surface area contributed by atoms with Crippen molar-refractivity contribution in [3.05, 3.63) is 0 Å². The first-order valence-corrected chi connectivity index (χ1v) is 8.63. The molecule has 1 heterocycles. The summed E-state index contributed by atoms with van der Waals surface area (Å²) in [4.78, 5) is 5.18. The summed E-state index contributed by atoms with van der Waals surface area (Å²) in [6.45, 7) is 7.06. The lowest BCUT2D eigenvalue weighted by Gasteiger charge is -2.58. The van der Waals surface area contributed by atoms with Gasteiger partial charge in [-0.15, -0.1) is 6.42 Å². The summed E-state index contributed by atoms with van der Waals surface area (Å²) < 4.78 is 0. The number of terminal acetylenes is 1. The van der Waals surface area contributed by atoms with Crippen molar-refractivity contribution in [3.63, 3.8) is 0 Å². The SMILES string of the molecule is C#CCN1CCN(CC23CC4CC(CC(C4)C2)C3)CC1. The van der Waals surface area contributed by atoms with Gasteiger partial charge in [0.2, 0.25) is 0 Å². The van der Waals surface area contributed by atoms with Gasteiger partial charge in [0.25, 0.3) is 0 Å². The summed E-state index contributed by atoms with van der Waals surface area (Å²) in [5, 5.41) is 0. The molecule has 0 spiro atoms. The molecule has 4 saturated carbocycles. The quantitative estimate of drug-likeness (QED) is 0.728. The molecular weight excluding hydrogens is 244 g/mol. The van der Waals surface area contributed by atoms with Crippen molar-refractivity contribution < 1.29 is 0 Å². The smallest absolute Gasteiger partial charge is 0.0599 e. The third kappa shape index (κ3) is 2.40. The zero-order valence-electron chi connectivity index (χ0n) is 12.7. The first-order valence-electron chi connectivity index (χ1n) is 8.63. The van der Waals surface area contributed by atoms with Gasteiger partial charge in [0.1, 0.15) is 0 Å². The Morgan fingerprint density at radius 3 is 1.85 bits per heavy atom. The predicted molar refractivity (Wildman–Crippen MR) is 82.3 cm³/mol. The molecule has 0 atom stereocenters. The van der Waals surface area contributed by atoms with Crippen LogP contribution in [-0.2, 0) is 0 Å². The first kappa shape index (κ1) is 13.2. The average molecular weight is 272 g/mol. The molecule has 4 aliphatic carbocycles. The van der Waals surface area contributed by atoms with Crippen LogP contribution in [-0.4, -0.2) is 49.1 Å². The van der Waals surface area contributed by atoms with E-state index in [4.69, 9.17) is 6.42 Å². The maximum atomic E-state index is 5.42. The van der Waals surface area contributed by atoms with E-state index in [9.17, 15) is 0 Å². The Morgan fingerprint density at radius 2 is 1.35 bits per heavy atom. The lowest BCUT2D eigenvalue weighted by molar-refractivity contribution is -0.0732. The zero-order valence-corrected chi connectivity index (χ0v) is 12.7. The van der Waals surface area contributed by atoms with E-state index in [-0.39, 0.29) is 0 Å². The third-order valence-electron chi connectivity index (χ3n) is 6.50. The fourth-order valence-corrected chi connectivity index (χ4v) is 6.19. The van der Waals surface area contributed by atoms with Gasteiger partial charge in [-0.25, -0.2) is 0 Å². The molecule has 110 valence electrons. The average Bonchev–Trinajstić information content (AvgIpc) is 2.39. The van der Waals surface area contributed by atoms with Crippen LogP contribution in [0.25, 0.3) is 0 Å². The molecule has 0 N–H and O–H groups in total. The Balaban J connectivity index is 1.37. The van der Waals surface area contributed by atoms with E-state index < -0.39 is 0 Å². The molecule has 0 aromatic rings. The molecule has 5 fully saturated rings. The molecule has 2 heteroatoms. The molecule has 0 aromatic carbocycles. The second-order valence-electron chi connectivity index (χ2n) is 8.17. The van der Waals surface area contributed by atoms with Gasteiger partial charge in [0, 0.05) is 32.7 Å². The van der Waals surface area contributed by atoms with Gasteiger partial charge in [-0.05, 0) is 61.7 Å². The molecule has 0 radical (unpaired) electrons. The fraction of sp³-hybridized carbons (Fsp3) is 0.889. The summed E-state index contributed by atoms with van der Waals surface area (Å²) >= 11 is 0. The summed E-state index contributed by atoms with van der Waals surface area (Å²) in [6, 6.07) is 0. The van der Waals surface area contributed by atoms with Crippen LogP contribution in [0, 0.1) is 35.5 Å². The van der Waals surface area contributed by atoms with Gasteiger partial charge in [0.15, 0.2) is 0 Å². The highest BCUT2D eigenvalue weighted by Gasteiger charge is 2.51. The Morgan fingerprint density at radius 1 is 0.850 bits per heavy atom. The van der Waals surface area contributed by atoms with Crippen LogP contribution in [0.4, 0.5) is 0 Å². The minimum Gasteiger partial charge on any atom is -0.300 e. The van der Waals surface area contributed by atoms with Gasteiger partial charge >= 0.3 is 0 Å². The monoisotopic (exact) mass is 272 g/mol. The fourth-order valence-electron chi connectivity index (χ4n) is 6.19. The molecule has 0 amide bonds. The molecule has 1 saturated heterocycles. The molecule has 0 unspecified atom stereocenters. The molecule has 2 nitrogen and oxygen atoms in total. The molecule has 5 rings (SSSR count). The largest absolute Gasteiger partial charge is 0.300 e. The first-order chi connectivity index (χ1) is 9.75. The summed E-state index contributed by atoms with van der Waals surface area (Å²) in [5.41, 5.74) is 0.711. The summed E-state index contributed by atoms with van der Waals surface area (Å²) in [5.74, 6) is 6.05. The molecule has 5 aliphatic rings. The third-order valence-corrected chi connectivity index (χ3v) is 6.50. The van der Waals surface area contributed by atoms with E-state index in [1.165, 1.54) is 32.7 Å². The normalized spacial score (nSPS) is 44.6. The Kier molecular flexibility index (Phi) is 3.32. The maximum Gasteiger partial charge on any atom is 0.0599 e. The van der Waals surface area contributed by atoms with Crippen molar-refractivity contribution in [1.82, 2.24) is 9.80 Å². The standard InChI is InChI=1S/C18H28N2/c1-2-3-19-4-6-20(7-5-19)14-18-11-15-8-16(12-18)10-17(9-15)13-18/h1,15-17H,3-14H2. The lowest BCUT2D eigenvalue weighted by atomic mass is 9.49. The number of hydrogen-bond acceptors (Lipinski definition) is 2. The van der Waals surface area contributed by atoms with Crippen LogP contribution in [0.3, 0.4) is 0 Å². The van der Waals surface area contributed by atoms with Crippen LogP contribution in [0.2, 0.25) is 0 Å². The molecule has 20 heavy (non-hydrogen) atoms. The van der Waals surface area contributed by atoms with E-state index in [1.807, 2.05) is 0 Å². The van der Waals surface area contributed by atoms with Crippen molar-refractivity contribution >= 4 is 0 Å². The van der Waals surface area contributed by atoms with Crippen LogP contribution < -0.4 is 0 Å². The van der Waals surface area contributed by atoms with E-state index in [1.54, 1.807) is 38.5 Å². The van der Waals surface area contributed by atoms with Gasteiger partial charge in [-0.3, -0.25) is 4.90 Å². The molecule has 4 bridgehead atoms. The van der Waals surface area contributed by atoms with Crippen molar-refractivity contribution in [2.45, 2.75) is 38.5 Å². The lowest BCUT2D eigenvalue weighted by Crippen LogP contribution is -2.54. The summed E-state index contributed by atoms with van der Waals surface area (Å²) in [7, 11) is 0. The highest BCUT2D eigenvalue weighted by molar-refractivity contribution is 5.03. The van der Waals surface area contributed by atoms with Gasteiger partial charge in [0.05, 0.1) is 6.54 Å². The minimum absolute atomic E-state index is 0.711. The Bertz CT molecular complexity index is 365. The highest BCUT2D eigenvalue weighted by Crippen LogP contribution is 2.60. The van der Waals surface area contributed by atoms with E-state index in [0.717, 1.165) is 24.3 Å². The Hall–Kier alpha value is -0.520. The van der Waals surface area contributed by atoms with Crippen molar-refractivity contribution in [1.29, 1.82) is 0 Å². The topological polar surface area (TPSA) is 6.48 Å². The van der Waals surface area contributed by atoms with Gasteiger partial charge < -0.3 is 4.90 Å². The van der Waals surface area contributed by atoms with E-state index in [2.05, 4.69) is 15.7 Å². The van der Waals surface area contributed by atoms with Crippen LogP contribution in [0.1, 0.15) is 38.5 Å². The number of nitrogens with zero attached hydrogens (tertiary/aromatic N) is 2. The number of piperazine rings is 1. The van der Waals surface area contributed by atoms with Gasteiger partial charge in [-0.1, -0.05) is 5.92 Å². The number of rotatable bonds is 3. The van der Waals surface area contributed by atoms with Gasteiger partial charge in [-0.2, -0.15) is 0 Å².